The van der Waals surface area contributed by atoms with Crippen molar-refractivity contribution in [3.05, 3.63) is 107 Å². The van der Waals surface area contributed by atoms with E-state index in [1.54, 1.807) is 48.8 Å². The van der Waals surface area contributed by atoms with Crippen molar-refractivity contribution >= 4 is 17.4 Å². The zero-order valence-corrected chi connectivity index (χ0v) is 17.0. The van der Waals surface area contributed by atoms with Gasteiger partial charge in [0.05, 0.1) is 11.6 Å². The molecule has 0 radical (unpaired) electrons. The fraction of sp³-hybridized carbons (Fsp3) is 0.160. The molecule has 6 heteroatoms. The SMILES string of the molecule is Cc1ccc(/C(O)=C2/C(=O)C(=O)N(CCc3ccc(F)cc3)C2c2ccncc2)cc1. The minimum Gasteiger partial charge on any atom is -0.507 e. The molecule has 1 aromatic heterocycles. The van der Waals surface area contributed by atoms with Crippen LogP contribution in [0.15, 0.2) is 78.6 Å². The summed E-state index contributed by atoms with van der Waals surface area (Å²) in [5, 5.41) is 11.0. The van der Waals surface area contributed by atoms with Crippen molar-refractivity contribution < 1.29 is 19.1 Å². The van der Waals surface area contributed by atoms with Gasteiger partial charge < -0.3 is 10.0 Å². The standard InChI is InChI=1S/C25H21FN2O3/c1-16-2-6-19(7-3-16)23(29)21-22(18-10-13-27-14-11-18)28(25(31)24(21)30)15-12-17-4-8-20(26)9-5-17/h2-11,13-14,22,29H,12,15H2,1H3/b23-21-. The number of pyridine rings is 1. The van der Waals surface area contributed by atoms with E-state index in [4.69, 9.17) is 0 Å². The maximum Gasteiger partial charge on any atom is 0.295 e. The number of aryl methyl sites for hydroxylation is 1. The molecule has 1 atom stereocenters. The van der Waals surface area contributed by atoms with Crippen LogP contribution in [0.1, 0.15) is 28.3 Å². The van der Waals surface area contributed by atoms with Crippen LogP contribution in [0.4, 0.5) is 4.39 Å². The fourth-order valence-electron chi connectivity index (χ4n) is 3.77. The van der Waals surface area contributed by atoms with Crippen LogP contribution in [-0.4, -0.2) is 33.2 Å². The molecule has 1 saturated heterocycles. The number of ketones is 1. The summed E-state index contributed by atoms with van der Waals surface area (Å²) < 4.78 is 13.2. The van der Waals surface area contributed by atoms with E-state index in [1.807, 2.05) is 19.1 Å². The maximum absolute atomic E-state index is 13.2. The number of hydrogen-bond donors (Lipinski definition) is 1. The number of nitrogens with zero attached hydrogens (tertiary/aromatic N) is 2. The second-order valence-corrected chi connectivity index (χ2v) is 7.52. The highest BCUT2D eigenvalue weighted by atomic mass is 19.1. The number of aromatic nitrogens is 1. The summed E-state index contributed by atoms with van der Waals surface area (Å²) >= 11 is 0. The lowest BCUT2D eigenvalue weighted by Gasteiger charge is -2.25. The van der Waals surface area contributed by atoms with Gasteiger partial charge in [-0.1, -0.05) is 42.0 Å². The Kier molecular flexibility index (Phi) is 5.62. The van der Waals surface area contributed by atoms with E-state index >= 15 is 0 Å². The third-order valence-electron chi connectivity index (χ3n) is 5.44. The van der Waals surface area contributed by atoms with Gasteiger partial charge in [-0.15, -0.1) is 0 Å². The number of aliphatic hydroxyl groups is 1. The highest BCUT2D eigenvalue weighted by Gasteiger charge is 2.45. The van der Waals surface area contributed by atoms with Gasteiger partial charge in [-0.3, -0.25) is 14.6 Å². The minimum absolute atomic E-state index is 0.0548. The molecular formula is C25H21FN2O3. The molecule has 0 saturated carbocycles. The zero-order valence-electron chi connectivity index (χ0n) is 17.0. The van der Waals surface area contributed by atoms with E-state index in [2.05, 4.69) is 4.98 Å². The number of halogens is 1. The number of hydrogen-bond acceptors (Lipinski definition) is 4. The lowest BCUT2D eigenvalue weighted by atomic mass is 9.95. The van der Waals surface area contributed by atoms with Crippen molar-refractivity contribution in [3.8, 4) is 0 Å². The quantitative estimate of drug-likeness (QED) is 0.385. The highest BCUT2D eigenvalue weighted by Crippen LogP contribution is 2.39. The van der Waals surface area contributed by atoms with Crippen molar-refractivity contribution in [3.63, 3.8) is 0 Å². The predicted octanol–water partition coefficient (Wildman–Crippen LogP) is 4.19. The highest BCUT2D eigenvalue weighted by molar-refractivity contribution is 6.46. The molecule has 0 bridgehead atoms. The normalized spacial score (nSPS) is 17.9. The van der Waals surface area contributed by atoms with Crippen LogP contribution in [0.25, 0.3) is 5.76 Å². The first kappa shape index (κ1) is 20.5. The molecule has 1 unspecified atom stereocenters. The third-order valence-corrected chi connectivity index (χ3v) is 5.44. The predicted molar refractivity (Wildman–Crippen MR) is 115 cm³/mol. The number of benzene rings is 2. The Morgan fingerprint density at radius 1 is 1.00 bits per heavy atom. The molecule has 1 aliphatic heterocycles. The van der Waals surface area contributed by atoms with E-state index in [0.717, 1.165) is 11.1 Å². The van der Waals surface area contributed by atoms with Gasteiger partial charge in [0.1, 0.15) is 11.6 Å². The first-order valence-electron chi connectivity index (χ1n) is 9.95. The van der Waals surface area contributed by atoms with Crippen LogP contribution in [0.5, 0.6) is 0 Å². The van der Waals surface area contributed by atoms with Gasteiger partial charge in [-0.05, 0) is 48.7 Å². The number of likely N-dealkylation sites (tertiary alicyclic amines) is 1. The Morgan fingerprint density at radius 2 is 1.65 bits per heavy atom. The van der Waals surface area contributed by atoms with Gasteiger partial charge in [0.15, 0.2) is 0 Å². The average molecular weight is 416 g/mol. The van der Waals surface area contributed by atoms with Crippen LogP contribution < -0.4 is 0 Å². The van der Waals surface area contributed by atoms with E-state index in [9.17, 15) is 19.1 Å². The first-order chi connectivity index (χ1) is 15.0. The molecule has 0 spiro atoms. The Labute approximate surface area is 179 Å². The van der Waals surface area contributed by atoms with E-state index < -0.39 is 17.7 Å². The zero-order chi connectivity index (χ0) is 22.0. The van der Waals surface area contributed by atoms with E-state index in [0.29, 0.717) is 17.5 Å². The van der Waals surface area contributed by atoms with Gasteiger partial charge in [0.2, 0.25) is 0 Å². The number of rotatable bonds is 5. The van der Waals surface area contributed by atoms with Crippen LogP contribution in [0, 0.1) is 12.7 Å². The summed E-state index contributed by atoms with van der Waals surface area (Å²) in [5.41, 5.74) is 3.07. The Bertz CT molecular complexity index is 1140. The summed E-state index contributed by atoms with van der Waals surface area (Å²) in [6.07, 6.45) is 3.61. The number of aliphatic hydroxyl groups excluding tert-OH is 1. The second kappa shape index (κ2) is 8.52. The topological polar surface area (TPSA) is 70.5 Å². The van der Waals surface area contributed by atoms with Crippen LogP contribution in [0.3, 0.4) is 0 Å². The van der Waals surface area contributed by atoms with Gasteiger partial charge in [0.25, 0.3) is 11.7 Å². The molecule has 3 aromatic rings. The molecule has 1 amide bonds. The van der Waals surface area contributed by atoms with Crippen molar-refractivity contribution in [2.45, 2.75) is 19.4 Å². The Balaban J connectivity index is 1.74. The maximum atomic E-state index is 13.2. The second-order valence-electron chi connectivity index (χ2n) is 7.52. The molecule has 5 nitrogen and oxygen atoms in total. The van der Waals surface area contributed by atoms with E-state index in [-0.39, 0.29) is 23.7 Å². The summed E-state index contributed by atoms with van der Waals surface area (Å²) in [6, 6.07) is 15.9. The Hall–Kier alpha value is -3.80. The lowest BCUT2D eigenvalue weighted by molar-refractivity contribution is -0.139. The van der Waals surface area contributed by atoms with Crippen molar-refractivity contribution in [2.75, 3.05) is 6.54 Å². The fourth-order valence-corrected chi connectivity index (χ4v) is 3.77. The molecule has 1 aliphatic rings. The van der Waals surface area contributed by atoms with Gasteiger partial charge in [-0.25, -0.2) is 4.39 Å². The van der Waals surface area contributed by atoms with E-state index in [1.165, 1.54) is 17.0 Å². The molecule has 156 valence electrons. The largest absolute Gasteiger partial charge is 0.507 e. The monoisotopic (exact) mass is 416 g/mol. The molecule has 1 N–H and O–H groups in total. The Morgan fingerprint density at radius 3 is 2.29 bits per heavy atom. The first-order valence-corrected chi connectivity index (χ1v) is 9.95. The minimum atomic E-state index is -0.732. The van der Waals surface area contributed by atoms with Crippen molar-refractivity contribution in [1.82, 2.24) is 9.88 Å². The van der Waals surface area contributed by atoms with Crippen LogP contribution in [-0.2, 0) is 16.0 Å². The summed E-state index contributed by atoms with van der Waals surface area (Å²) in [7, 11) is 0. The average Bonchev–Trinajstić information content (AvgIpc) is 3.04. The van der Waals surface area contributed by atoms with Gasteiger partial charge in [-0.2, -0.15) is 0 Å². The number of amides is 1. The van der Waals surface area contributed by atoms with Crippen molar-refractivity contribution in [2.24, 2.45) is 0 Å². The summed E-state index contributed by atoms with van der Waals surface area (Å²) in [4.78, 5) is 31.4. The smallest absolute Gasteiger partial charge is 0.295 e. The number of carbonyl (C=O) groups excluding carboxylic acids is 2. The van der Waals surface area contributed by atoms with Gasteiger partial charge in [0, 0.05) is 24.5 Å². The molecule has 4 rings (SSSR count). The molecule has 1 fully saturated rings. The van der Waals surface area contributed by atoms with Crippen molar-refractivity contribution in [1.29, 1.82) is 0 Å². The van der Waals surface area contributed by atoms with Crippen LogP contribution >= 0.6 is 0 Å². The molecule has 31 heavy (non-hydrogen) atoms. The third kappa shape index (κ3) is 4.10. The summed E-state index contributed by atoms with van der Waals surface area (Å²) in [6.45, 7) is 2.17. The number of Topliss-reactive ketones (excluding diaryl/α,β-unsaturated/α-hetero) is 1. The van der Waals surface area contributed by atoms with Gasteiger partial charge >= 0.3 is 0 Å². The number of carbonyl (C=O) groups is 2. The molecule has 2 heterocycles. The molecule has 0 aliphatic carbocycles. The lowest BCUT2D eigenvalue weighted by Crippen LogP contribution is -2.31. The molecule has 2 aromatic carbocycles. The summed E-state index contributed by atoms with van der Waals surface area (Å²) in [5.74, 6) is -1.93. The van der Waals surface area contributed by atoms with Crippen LogP contribution in [0.2, 0.25) is 0 Å². The molecular weight excluding hydrogens is 395 g/mol.